The molecule has 0 saturated heterocycles. The van der Waals surface area contributed by atoms with Crippen LogP contribution in [0.15, 0.2) is 18.3 Å². The zero-order valence-corrected chi connectivity index (χ0v) is 12.6. The number of nitrogens with one attached hydrogen (secondary N) is 1. The zero-order valence-electron chi connectivity index (χ0n) is 12.6. The summed E-state index contributed by atoms with van der Waals surface area (Å²) in [5.74, 6) is -0.160. The molecule has 0 saturated carbocycles. The second kappa shape index (κ2) is 5.85. The van der Waals surface area contributed by atoms with Gasteiger partial charge in [-0.05, 0) is 44.5 Å². The number of esters is 1. The summed E-state index contributed by atoms with van der Waals surface area (Å²) in [7, 11) is 1.99. The second-order valence-corrected chi connectivity index (χ2v) is 5.42. The molecule has 0 unspecified atom stereocenters. The molecule has 0 amide bonds. The number of aromatic nitrogens is 2. The van der Waals surface area contributed by atoms with E-state index >= 15 is 0 Å². The Morgan fingerprint density at radius 2 is 2.43 bits per heavy atom. The highest BCUT2D eigenvalue weighted by Gasteiger charge is 2.25. The summed E-state index contributed by atoms with van der Waals surface area (Å²) < 4.78 is 7.37. The van der Waals surface area contributed by atoms with Gasteiger partial charge in [-0.1, -0.05) is 0 Å². The monoisotopic (exact) mass is 287 g/mol. The van der Waals surface area contributed by atoms with Crippen molar-refractivity contribution in [2.45, 2.75) is 38.8 Å². The van der Waals surface area contributed by atoms with Crippen molar-refractivity contribution in [1.82, 2.24) is 14.9 Å². The van der Waals surface area contributed by atoms with Gasteiger partial charge in [0.15, 0.2) is 0 Å². The van der Waals surface area contributed by atoms with Crippen LogP contribution >= 0.6 is 0 Å². The quantitative estimate of drug-likeness (QED) is 0.869. The minimum absolute atomic E-state index is 0.160. The number of ether oxygens (including phenoxy) is 1. The summed E-state index contributed by atoms with van der Waals surface area (Å²) in [5, 5.41) is 4.42. The number of rotatable bonds is 4. The van der Waals surface area contributed by atoms with Crippen LogP contribution in [-0.4, -0.2) is 35.2 Å². The molecule has 5 nitrogen and oxygen atoms in total. The van der Waals surface area contributed by atoms with Crippen molar-refractivity contribution in [2.24, 2.45) is 0 Å². The average Bonchev–Trinajstić information content (AvgIpc) is 2.81. The Morgan fingerprint density at radius 1 is 1.57 bits per heavy atom. The molecule has 1 aliphatic rings. The van der Waals surface area contributed by atoms with Crippen LogP contribution in [0.2, 0.25) is 0 Å². The summed E-state index contributed by atoms with van der Waals surface area (Å²) >= 11 is 0. The predicted octanol–water partition coefficient (Wildman–Crippen LogP) is 1.68. The van der Waals surface area contributed by atoms with Crippen LogP contribution in [0.4, 0.5) is 0 Å². The van der Waals surface area contributed by atoms with Gasteiger partial charge in [-0.3, -0.25) is 4.79 Å². The van der Waals surface area contributed by atoms with Crippen LogP contribution in [0, 0.1) is 0 Å². The molecule has 0 bridgehead atoms. The van der Waals surface area contributed by atoms with Gasteiger partial charge < -0.3 is 14.6 Å². The van der Waals surface area contributed by atoms with Crippen LogP contribution in [0.5, 0.6) is 0 Å². The summed E-state index contributed by atoms with van der Waals surface area (Å²) in [5.41, 5.74) is 3.31. The maximum Gasteiger partial charge on any atom is 0.310 e. The van der Waals surface area contributed by atoms with Gasteiger partial charge >= 0.3 is 5.97 Å². The third-order valence-electron chi connectivity index (χ3n) is 4.21. The van der Waals surface area contributed by atoms with E-state index in [0.717, 1.165) is 36.0 Å². The van der Waals surface area contributed by atoms with E-state index in [1.54, 1.807) is 0 Å². The first-order valence-electron chi connectivity index (χ1n) is 7.52. The molecule has 3 heterocycles. The molecule has 0 aliphatic carbocycles. The van der Waals surface area contributed by atoms with E-state index in [0.29, 0.717) is 19.1 Å². The number of nitrogens with zero attached hydrogens (tertiary/aromatic N) is 2. The van der Waals surface area contributed by atoms with Gasteiger partial charge in [0.25, 0.3) is 0 Å². The van der Waals surface area contributed by atoms with Gasteiger partial charge in [0, 0.05) is 29.9 Å². The fourth-order valence-electron chi connectivity index (χ4n) is 3.19. The molecule has 5 heteroatoms. The first kappa shape index (κ1) is 14.1. The lowest BCUT2D eigenvalue weighted by atomic mass is 10.0. The summed E-state index contributed by atoms with van der Waals surface area (Å²) in [4.78, 5) is 16.4. The number of fused-ring (bicyclic) bond motifs is 3. The molecule has 0 aromatic carbocycles. The van der Waals surface area contributed by atoms with E-state index in [4.69, 9.17) is 4.74 Å². The Balaban J connectivity index is 2.05. The predicted molar refractivity (Wildman–Crippen MR) is 81.2 cm³/mol. The SMILES string of the molecule is CCOC(=O)Cc1c2n(c3ncccc13)C[C@H](NC)CC2. The third kappa shape index (κ3) is 2.53. The van der Waals surface area contributed by atoms with Crippen LogP contribution in [0.3, 0.4) is 0 Å². The zero-order chi connectivity index (χ0) is 14.8. The average molecular weight is 287 g/mol. The van der Waals surface area contributed by atoms with Gasteiger partial charge in [-0.2, -0.15) is 0 Å². The van der Waals surface area contributed by atoms with Gasteiger partial charge in [-0.25, -0.2) is 4.98 Å². The number of hydrogen-bond acceptors (Lipinski definition) is 4. The molecule has 2 aromatic heterocycles. The third-order valence-corrected chi connectivity index (χ3v) is 4.21. The van der Waals surface area contributed by atoms with Gasteiger partial charge in [0.1, 0.15) is 5.65 Å². The Morgan fingerprint density at radius 3 is 3.19 bits per heavy atom. The second-order valence-electron chi connectivity index (χ2n) is 5.42. The van der Waals surface area contributed by atoms with Crippen molar-refractivity contribution in [3.63, 3.8) is 0 Å². The van der Waals surface area contributed by atoms with Crippen molar-refractivity contribution in [3.05, 3.63) is 29.6 Å². The Kier molecular flexibility index (Phi) is 3.92. The van der Waals surface area contributed by atoms with Crippen molar-refractivity contribution in [1.29, 1.82) is 0 Å². The highest BCUT2D eigenvalue weighted by molar-refractivity contribution is 5.87. The van der Waals surface area contributed by atoms with Crippen LogP contribution in [0.1, 0.15) is 24.6 Å². The molecule has 0 spiro atoms. The molecule has 2 aromatic rings. The molecule has 112 valence electrons. The number of pyridine rings is 1. The number of likely N-dealkylation sites (N-methyl/N-ethyl adjacent to an activating group) is 1. The smallest absolute Gasteiger partial charge is 0.310 e. The van der Waals surface area contributed by atoms with E-state index in [2.05, 4.69) is 20.9 Å². The molecule has 21 heavy (non-hydrogen) atoms. The van der Waals surface area contributed by atoms with E-state index in [1.165, 1.54) is 5.69 Å². The first-order valence-corrected chi connectivity index (χ1v) is 7.52. The van der Waals surface area contributed by atoms with Crippen LogP contribution < -0.4 is 5.32 Å². The number of carbonyl (C=O) groups is 1. The molecule has 3 rings (SSSR count). The Labute approximate surface area is 124 Å². The summed E-state index contributed by atoms with van der Waals surface area (Å²) in [6.45, 7) is 3.17. The number of hydrogen-bond donors (Lipinski definition) is 1. The lowest BCUT2D eigenvalue weighted by molar-refractivity contribution is -0.142. The molecule has 1 N–H and O–H groups in total. The molecule has 1 aliphatic heterocycles. The summed E-state index contributed by atoms with van der Waals surface area (Å²) in [6.07, 6.45) is 4.20. The van der Waals surface area contributed by atoms with E-state index in [9.17, 15) is 4.79 Å². The van der Waals surface area contributed by atoms with Gasteiger partial charge in [0.05, 0.1) is 13.0 Å². The maximum absolute atomic E-state index is 11.9. The van der Waals surface area contributed by atoms with Crippen molar-refractivity contribution in [3.8, 4) is 0 Å². The fourth-order valence-corrected chi connectivity index (χ4v) is 3.19. The normalized spacial score (nSPS) is 17.7. The topological polar surface area (TPSA) is 56.2 Å². The molecule has 1 atom stereocenters. The van der Waals surface area contributed by atoms with Crippen molar-refractivity contribution >= 4 is 17.0 Å². The number of carbonyl (C=O) groups excluding carboxylic acids is 1. The van der Waals surface area contributed by atoms with E-state index < -0.39 is 0 Å². The Hall–Kier alpha value is -1.88. The van der Waals surface area contributed by atoms with Crippen molar-refractivity contribution in [2.75, 3.05) is 13.7 Å². The molecular formula is C16H21N3O2. The van der Waals surface area contributed by atoms with Gasteiger partial charge in [-0.15, -0.1) is 0 Å². The van der Waals surface area contributed by atoms with Crippen LogP contribution in [-0.2, 0) is 28.9 Å². The highest BCUT2D eigenvalue weighted by atomic mass is 16.5. The minimum atomic E-state index is -0.160. The van der Waals surface area contributed by atoms with E-state index in [1.807, 2.05) is 26.2 Å². The summed E-state index contributed by atoms with van der Waals surface area (Å²) in [6, 6.07) is 4.44. The largest absolute Gasteiger partial charge is 0.466 e. The maximum atomic E-state index is 11.9. The standard InChI is InChI=1S/C16H21N3O2/c1-3-21-15(20)9-13-12-5-4-8-18-16(12)19-10-11(17-2)6-7-14(13)19/h4-5,8,11,17H,3,6-7,9-10H2,1-2H3/t11-/m1/s1. The molecule has 0 radical (unpaired) electrons. The lowest BCUT2D eigenvalue weighted by Gasteiger charge is -2.25. The fraction of sp³-hybridized carbons (Fsp3) is 0.500. The molecule has 0 fully saturated rings. The van der Waals surface area contributed by atoms with Crippen LogP contribution in [0.25, 0.3) is 11.0 Å². The lowest BCUT2D eigenvalue weighted by Crippen LogP contribution is -2.35. The Bertz CT molecular complexity index is 663. The van der Waals surface area contributed by atoms with Crippen molar-refractivity contribution < 1.29 is 9.53 Å². The van der Waals surface area contributed by atoms with E-state index in [-0.39, 0.29) is 5.97 Å². The van der Waals surface area contributed by atoms with Gasteiger partial charge in [0.2, 0.25) is 0 Å². The minimum Gasteiger partial charge on any atom is -0.466 e. The molecular weight excluding hydrogens is 266 g/mol. The first-order chi connectivity index (χ1) is 10.2. The highest BCUT2D eigenvalue weighted by Crippen LogP contribution is 2.30.